The van der Waals surface area contributed by atoms with Gasteiger partial charge in [-0.05, 0) is 30.9 Å². The zero-order chi connectivity index (χ0) is 16.5. The van der Waals surface area contributed by atoms with Gasteiger partial charge in [0.2, 0.25) is 0 Å². The van der Waals surface area contributed by atoms with Crippen molar-refractivity contribution in [1.82, 2.24) is 10.1 Å². The van der Waals surface area contributed by atoms with Crippen molar-refractivity contribution in [2.24, 2.45) is 5.92 Å². The quantitative estimate of drug-likeness (QED) is 0.852. The predicted molar refractivity (Wildman–Crippen MR) is 92.3 cm³/mol. The number of piperazine rings is 1. The van der Waals surface area contributed by atoms with Crippen LogP contribution < -0.4 is 4.90 Å². The highest BCUT2D eigenvalue weighted by molar-refractivity contribution is 5.94. The summed E-state index contributed by atoms with van der Waals surface area (Å²) in [5.74, 6) is 1.54. The molecule has 1 amide bonds. The zero-order valence-corrected chi connectivity index (χ0v) is 14.1. The van der Waals surface area contributed by atoms with Gasteiger partial charge >= 0.3 is 0 Å². The van der Waals surface area contributed by atoms with Gasteiger partial charge in [-0.15, -0.1) is 0 Å². The van der Waals surface area contributed by atoms with Gasteiger partial charge < -0.3 is 14.3 Å². The first-order chi connectivity index (χ1) is 11.7. The van der Waals surface area contributed by atoms with E-state index in [4.69, 9.17) is 4.52 Å². The molecule has 126 valence electrons. The Labute approximate surface area is 142 Å². The Morgan fingerprint density at radius 3 is 2.67 bits per heavy atom. The molecule has 0 unspecified atom stereocenters. The largest absolute Gasteiger partial charge is 0.368 e. The van der Waals surface area contributed by atoms with Crippen LogP contribution in [0.4, 0.5) is 5.69 Å². The van der Waals surface area contributed by atoms with Crippen LogP contribution in [0.25, 0.3) is 0 Å². The van der Waals surface area contributed by atoms with Gasteiger partial charge in [0, 0.05) is 43.9 Å². The molecular weight excluding hydrogens is 302 g/mol. The SMILES string of the molecule is C[C@@H]1CCc2onc(C(=O)N3CCN(c4ccccc4)CC3)c2C1. The van der Waals surface area contributed by atoms with Crippen LogP contribution in [0.15, 0.2) is 34.9 Å². The molecule has 1 saturated heterocycles. The summed E-state index contributed by atoms with van der Waals surface area (Å²) in [7, 11) is 0. The third kappa shape index (κ3) is 2.79. The van der Waals surface area contributed by atoms with Gasteiger partial charge in [-0.1, -0.05) is 30.3 Å². The van der Waals surface area contributed by atoms with Crippen molar-refractivity contribution < 1.29 is 9.32 Å². The number of hydrogen-bond donors (Lipinski definition) is 0. The van der Waals surface area contributed by atoms with Gasteiger partial charge in [-0.25, -0.2) is 0 Å². The normalized spacial score (nSPS) is 20.8. The summed E-state index contributed by atoms with van der Waals surface area (Å²) in [5, 5.41) is 4.10. The first-order valence-electron chi connectivity index (χ1n) is 8.79. The Morgan fingerprint density at radius 1 is 1.17 bits per heavy atom. The standard InChI is InChI=1S/C19H23N3O2/c1-14-7-8-17-16(13-14)18(20-24-17)19(23)22-11-9-21(10-12-22)15-5-3-2-4-6-15/h2-6,14H,7-13H2,1H3/t14-/m1/s1. The molecule has 0 spiro atoms. The highest BCUT2D eigenvalue weighted by Crippen LogP contribution is 2.28. The Balaban J connectivity index is 1.45. The molecule has 1 aliphatic heterocycles. The molecule has 1 atom stereocenters. The lowest BCUT2D eigenvalue weighted by Crippen LogP contribution is -2.49. The fraction of sp³-hybridized carbons (Fsp3) is 0.474. The second-order valence-electron chi connectivity index (χ2n) is 6.90. The molecule has 24 heavy (non-hydrogen) atoms. The van der Waals surface area contributed by atoms with E-state index >= 15 is 0 Å². The number of hydrogen-bond acceptors (Lipinski definition) is 4. The number of amides is 1. The van der Waals surface area contributed by atoms with Crippen LogP contribution in [0.2, 0.25) is 0 Å². The molecule has 1 fully saturated rings. The van der Waals surface area contributed by atoms with Crippen LogP contribution in [-0.2, 0) is 12.8 Å². The molecule has 0 saturated carbocycles. The maximum atomic E-state index is 12.9. The molecule has 5 heteroatoms. The van der Waals surface area contributed by atoms with Gasteiger partial charge in [-0.3, -0.25) is 4.79 Å². The molecule has 1 aromatic carbocycles. The number of aryl methyl sites for hydroxylation is 1. The van der Waals surface area contributed by atoms with E-state index in [1.165, 1.54) is 5.69 Å². The van der Waals surface area contributed by atoms with Crippen molar-refractivity contribution in [2.75, 3.05) is 31.1 Å². The third-order valence-electron chi connectivity index (χ3n) is 5.18. The van der Waals surface area contributed by atoms with Gasteiger partial charge in [0.05, 0.1) is 0 Å². The minimum Gasteiger partial charge on any atom is -0.368 e. The number of carbonyl (C=O) groups excluding carboxylic acids is 1. The Kier molecular flexibility index (Phi) is 4.00. The average Bonchev–Trinajstić information content (AvgIpc) is 3.05. The van der Waals surface area contributed by atoms with Crippen molar-refractivity contribution in [3.63, 3.8) is 0 Å². The molecule has 0 radical (unpaired) electrons. The maximum absolute atomic E-state index is 12.9. The topological polar surface area (TPSA) is 49.6 Å². The first-order valence-corrected chi connectivity index (χ1v) is 8.79. The smallest absolute Gasteiger partial charge is 0.276 e. The molecule has 0 bridgehead atoms. The predicted octanol–water partition coefficient (Wildman–Crippen LogP) is 2.76. The van der Waals surface area contributed by atoms with E-state index in [2.05, 4.69) is 41.2 Å². The van der Waals surface area contributed by atoms with Gasteiger partial charge in [-0.2, -0.15) is 0 Å². The van der Waals surface area contributed by atoms with E-state index in [1.54, 1.807) is 0 Å². The van der Waals surface area contributed by atoms with Gasteiger partial charge in [0.1, 0.15) is 5.76 Å². The van der Waals surface area contributed by atoms with Crippen LogP contribution in [0.5, 0.6) is 0 Å². The highest BCUT2D eigenvalue weighted by atomic mass is 16.5. The number of carbonyl (C=O) groups is 1. The van der Waals surface area contributed by atoms with Crippen LogP contribution in [0, 0.1) is 5.92 Å². The average molecular weight is 325 g/mol. The van der Waals surface area contributed by atoms with E-state index in [0.29, 0.717) is 11.6 Å². The lowest BCUT2D eigenvalue weighted by atomic mass is 9.88. The highest BCUT2D eigenvalue weighted by Gasteiger charge is 2.30. The maximum Gasteiger partial charge on any atom is 0.276 e. The molecule has 2 heterocycles. The van der Waals surface area contributed by atoms with Crippen molar-refractivity contribution >= 4 is 11.6 Å². The Morgan fingerprint density at radius 2 is 1.92 bits per heavy atom. The second-order valence-corrected chi connectivity index (χ2v) is 6.90. The fourth-order valence-electron chi connectivity index (χ4n) is 3.70. The summed E-state index contributed by atoms with van der Waals surface area (Å²) >= 11 is 0. The number of rotatable bonds is 2. The van der Waals surface area contributed by atoms with Crippen molar-refractivity contribution in [3.8, 4) is 0 Å². The third-order valence-corrected chi connectivity index (χ3v) is 5.18. The van der Waals surface area contributed by atoms with E-state index in [0.717, 1.165) is 56.8 Å². The zero-order valence-electron chi connectivity index (χ0n) is 14.1. The van der Waals surface area contributed by atoms with Crippen LogP contribution >= 0.6 is 0 Å². The monoisotopic (exact) mass is 325 g/mol. The summed E-state index contributed by atoms with van der Waals surface area (Å²) in [6.07, 6.45) is 2.92. The van der Waals surface area contributed by atoms with Crippen LogP contribution in [-0.4, -0.2) is 42.1 Å². The lowest BCUT2D eigenvalue weighted by molar-refractivity contribution is 0.0735. The Bertz CT molecular complexity index is 717. The summed E-state index contributed by atoms with van der Waals surface area (Å²) < 4.78 is 5.43. The minimum atomic E-state index is 0.0295. The molecule has 2 aromatic rings. The number of fused-ring (bicyclic) bond motifs is 1. The molecule has 2 aliphatic rings. The summed E-state index contributed by atoms with van der Waals surface area (Å²) in [6, 6.07) is 10.4. The van der Waals surface area contributed by atoms with Gasteiger partial charge in [0.15, 0.2) is 5.69 Å². The lowest BCUT2D eigenvalue weighted by Gasteiger charge is -2.36. The van der Waals surface area contributed by atoms with Crippen molar-refractivity contribution in [1.29, 1.82) is 0 Å². The van der Waals surface area contributed by atoms with Gasteiger partial charge in [0.25, 0.3) is 5.91 Å². The summed E-state index contributed by atoms with van der Waals surface area (Å²) in [4.78, 5) is 17.1. The van der Waals surface area contributed by atoms with Crippen LogP contribution in [0.3, 0.4) is 0 Å². The minimum absolute atomic E-state index is 0.0295. The molecular formula is C19H23N3O2. The number of para-hydroxylation sites is 1. The Hall–Kier alpha value is -2.30. The molecule has 4 rings (SSSR count). The molecule has 0 N–H and O–H groups in total. The van der Waals surface area contributed by atoms with E-state index < -0.39 is 0 Å². The number of aromatic nitrogens is 1. The molecule has 1 aliphatic carbocycles. The molecule has 1 aromatic heterocycles. The molecule has 5 nitrogen and oxygen atoms in total. The van der Waals surface area contributed by atoms with E-state index in [1.807, 2.05) is 11.0 Å². The first kappa shape index (κ1) is 15.2. The van der Waals surface area contributed by atoms with E-state index in [9.17, 15) is 4.79 Å². The van der Waals surface area contributed by atoms with Crippen LogP contribution in [0.1, 0.15) is 35.2 Å². The number of anilines is 1. The van der Waals surface area contributed by atoms with E-state index in [-0.39, 0.29) is 5.91 Å². The van der Waals surface area contributed by atoms with Crippen molar-refractivity contribution in [3.05, 3.63) is 47.3 Å². The summed E-state index contributed by atoms with van der Waals surface area (Å²) in [6.45, 7) is 5.39. The second kappa shape index (κ2) is 6.30. The summed E-state index contributed by atoms with van der Waals surface area (Å²) in [5.41, 5.74) is 2.81. The number of benzene rings is 1. The number of nitrogens with zero attached hydrogens (tertiary/aromatic N) is 3. The fourth-order valence-corrected chi connectivity index (χ4v) is 3.70. The van der Waals surface area contributed by atoms with Crippen molar-refractivity contribution in [2.45, 2.75) is 26.2 Å².